The van der Waals surface area contributed by atoms with Crippen LogP contribution in [0.2, 0.25) is 0 Å². The molecule has 21 heavy (non-hydrogen) atoms. The van der Waals surface area contributed by atoms with Crippen molar-refractivity contribution in [2.24, 2.45) is 5.92 Å². The molecule has 6 heteroatoms. The highest BCUT2D eigenvalue weighted by molar-refractivity contribution is 5.96. The number of carboxylic acids is 1. The van der Waals surface area contributed by atoms with Crippen LogP contribution in [-0.4, -0.2) is 56.6 Å². The number of hydrogen-bond acceptors (Lipinski definition) is 4. The molecule has 126 valence electrons. The monoisotopic (exact) mass is 320 g/mol. The van der Waals surface area contributed by atoms with Crippen LogP contribution in [0.25, 0.3) is 0 Å². The topological polar surface area (TPSA) is 94.8 Å². The van der Waals surface area contributed by atoms with E-state index in [4.69, 9.17) is 15.3 Å². The molecule has 0 spiro atoms. The average molecular weight is 320 g/mol. The highest BCUT2D eigenvalue weighted by Crippen LogP contribution is 2.11. The van der Waals surface area contributed by atoms with E-state index in [2.05, 4.69) is 6.58 Å². The van der Waals surface area contributed by atoms with Crippen molar-refractivity contribution in [2.45, 2.75) is 66.1 Å². The lowest BCUT2D eigenvalue weighted by atomic mass is 9.95. The minimum absolute atomic E-state index is 0. The molecule has 0 bridgehead atoms. The first-order valence-electron chi connectivity index (χ1n) is 6.79. The molecule has 0 heterocycles. The van der Waals surface area contributed by atoms with Crippen LogP contribution in [0.3, 0.4) is 0 Å². The molecular weight excluding hydrogens is 287 g/mol. The summed E-state index contributed by atoms with van der Waals surface area (Å²) < 4.78 is 0. The number of allylic oxidation sites excluding steroid dienone is 1. The summed E-state index contributed by atoms with van der Waals surface area (Å²) >= 11 is 0. The minimum Gasteiger partial charge on any atom is -0.481 e. The molecule has 0 fully saturated rings. The summed E-state index contributed by atoms with van der Waals surface area (Å²) in [6.45, 7) is 12.3. The molecule has 3 N–H and O–H groups in total. The maximum absolute atomic E-state index is 11.1. The predicted molar refractivity (Wildman–Crippen MR) is 90.5 cm³/mol. The van der Waals surface area contributed by atoms with E-state index in [0.717, 1.165) is 0 Å². The molecule has 0 aromatic rings. The van der Waals surface area contributed by atoms with Gasteiger partial charge in [-0.3, -0.25) is 9.59 Å². The van der Waals surface area contributed by atoms with Crippen molar-refractivity contribution in [3.8, 4) is 0 Å². The fourth-order valence-electron chi connectivity index (χ4n) is 1.02. The van der Waals surface area contributed by atoms with Crippen molar-refractivity contribution in [3.05, 3.63) is 12.7 Å². The lowest BCUT2D eigenvalue weighted by Crippen LogP contribution is -2.16. The molecule has 1 atom stereocenters. The first-order valence-corrected chi connectivity index (χ1v) is 6.79. The highest BCUT2D eigenvalue weighted by Gasteiger charge is 2.17. The van der Waals surface area contributed by atoms with Gasteiger partial charge in [-0.2, -0.15) is 0 Å². The molecule has 0 aliphatic heterocycles. The second kappa shape index (κ2) is 19.3. The van der Waals surface area contributed by atoms with E-state index in [1.54, 1.807) is 33.8 Å². The van der Waals surface area contributed by atoms with Gasteiger partial charge in [-0.15, -0.1) is 6.58 Å². The third-order valence-electron chi connectivity index (χ3n) is 1.72. The molecule has 0 radical (unpaired) electrons. The molecule has 0 saturated carbocycles. The molecule has 0 rings (SSSR count). The quantitative estimate of drug-likeness (QED) is 0.389. The SMILES string of the molecule is C=CCC(CC)C(=O)CC(=O)O.CC(C)O.CC(C)O.[AlH3]. The molecule has 0 amide bonds. The summed E-state index contributed by atoms with van der Waals surface area (Å²) in [6.07, 6.45) is 2.20. The molecule has 0 aliphatic rings. The zero-order chi connectivity index (χ0) is 16.7. The van der Waals surface area contributed by atoms with Gasteiger partial charge in [0.2, 0.25) is 0 Å². The van der Waals surface area contributed by atoms with E-state index in [9.17, 15) is 9.59 Å². The number of rotatable bonds is 6. The number of aliphatic carboxylic acids is 1. The van der Waals surface area contributed by atoms with E-state index in [1.165, 1.54) is 0 Å². The molecule has 0 aromatic heterocycles. The Morgan fingerprint density at radius 2 is 1.43 bits per heavy atom. The van der Waals surface area contributed by atoms with Crippen molar-refractivity contribution >= 4 is 29.1 Å². The largest absolute Gasteiger partial charge is 0.481 e. The van der Waals surface area contributed by atoms with Gasteiger partial charge in [-0.1, -0.05) is 13.0 Å². The zero-order valence-electron chi connectivity index (χ0n) is 13.3. The number of aliphatic hydroxyl groups excluding tert-OH is 2. The van der Waals surface area contributed by atoms with Crippen LogP contribution in [0.4, 0.5) is 0 Å². The van der Waals surface area contributed by atoms with Crippen molar-refractivity contribution in [1.29, 1.82) is 0 Å². The second-order valence-electron chi connectivity index (χ2n) is 4.85. The first kappa shape index (κ1) is 28.5. The number of carbonyl (C=O) groups excluding carboxylic acids is 1. The van der Waals surface area contributed by atoms with Crippen LogP contribution >= 0.6 is 0 Å². The normalized spacial score (nSPS) is 10.3. The van der Waals surface area contributed by atoms with Gasteiger partial charge in [0.25, 0.3) is 0 Å². The maximum atomic E-state index is 11.1. The Kier molecular flexibility index (Phi) is 26.2. The standard InChI is InChI=1S/C9H14O3.2C3H8O.Al.3H/c1-3-5-7(4-2)8(10)6-9(11)12;2*1-3(2)4;;;;/h3,7H,1,4-6H2,2H3,(H,11,12);2*3-4H,1-2H3;;;;. The number of aliphatic hydroxyl groups is 2. The maximum Gasteiger partial charge on any atom is 0.310 e. The number of carbonyl (C=O) groups is 2. The van der Waals surface area contributed by atoms with Crippen LogP contribution in [0.5, 0.6) is 0 Å². The highest BCUT2D eigenvalue weighted by atomic mass is 27.0. The van der Waals surface area contributed by atoms with Crippen molar-refractivity contribution in [3.63, 3.8) is 0 Å². The van der Waals surface area contributed by atoms with E-state index in [0.29, 0.717) is 12.8 Å². The van der Waals surface area contributed by atoms with E-state index in [-0.39, 0.29) is 47.7 Å². The van der Waals surface area contributed by atoms with Gasteiger partial charge in [-0.05, 0) is 40.5 Å². The van der Waals surface area contributed by atoms with E-state index in [1.807, 2.05) is 6.92 Å². The lowest BCUT2D eigenvalue weighted by Gasteiger charge is -2.08. The second-order valence-corrected chi connectivity index (χ2v) is 4.85. The van der Waals surface area contributed by atoms with Gasteiger partial charge in [-0.25, -0.2) is 0 Å². The summed E-state index contributed by atoms with van der Waals surface area (Å²) in [6, 6.07) is 0. The van der Waals surface area contributed by atoms with E-state index < -0.39 is 5.97 Å². The number of hydrogen-bond donors (Lipinski definition) is 3. The molecule has 1 unspecified atom stereocenters. The Bertz CT molecular complexity index is 253. The molecular formula is C15H33AlO5. The van der Waals surface area contributed by atoms with Crippen LogP contribution < -0.4 is 0 Å². The predicted octanol–water partition coefficient (Wildman–Crippen LogP) is 1.22. The van der Waals surface area contributed by atoms with Crippen LogP contribution in [0.1, 0.15) is 53.9 Å². The molecule has 5 nitrogen and oxygen atoms in total. The number of carboxylic acid groups (broad SMARTS) is 1. The Labute approximate surface area is 139 Å². The number of ketones is 1. The van der Waals surface area contributed by atoms with Crippen LogP contribution in [-0.2, 0) is 9.59 Å². The van der Waals surface area contributed by atoms with Crippen LogP contribution in [0.15, 0.2) is 12.7 Å². The lowest BCUT2D eigenvalue weighted by molar-refractivity contribution is -0.141. The van der Waals surface area contributed by atoms with Crippen molar-refractivity contribution in [1.82, 2.24) is 0 Å². The third kappa shape index (κ3) is 38.2. The smallest absolute Gasteiger partial charge is 0.310 e. The van der Waals surface area contributed by atoms with Crippen molar-refractivity contribution < 1.29 is 24.9 Å². The molecule has 0 saturated heterocycles. The van der Waals surface area contributed by atoms with Gasteiger partial charge in [0, 0.05) is 18.1 Å². The fourth-order valence-corrected chi connectivity index (χ4v) is 1.02. The number of Topliss-reactive ketones (excluding diaryl/α,β-unsaturated/α-hetero) is 1. The van der Waals surface area contributed by atoms with Gasteiger partial charge >= 0.3 is 5.97 Å². The Morgan fingerprint density at radius 1 is 1.10 bits per heavy atom. The Balaban J connectivity index is -0.000000134. The van der Waals surface area contributed by atoms with Gasteiger partial charge < -0.3 is 15.3 Å². The first-order chi connectivity index (χ1) is 9.08. The average Bonchev–Trinajstić information content (AvgIpc) is 2.22. The van der Waals surface area contributed by atoms with E-state index >= 15 is 0 Å². The van der Waals surface area contributed by atoms with Gasteiger partial charge in [0.15, 0.2) is 17.4 Å². The van der Waals surface area contributed by atoms with Crippen LogP contribution in [0, 0.1) is 5.92 Å². The zero-order valence-corrected chi connectivity index (χ0v) is 13.3. The fraction of sp³-hybridized carbons (Fsp3) is 0.733. The third-order valence-corrected chi connectivity index (χ3v) is 1.72. The minimum atomic E-state index is -1.05. The molecule has 0 aliphatic carbocycles. The summed E-state index contributed by atoms with van der Waals surface area (Å²) in [5, 5.41) is 24.5. The molecule has 0 aromatic carbocycles. The summed E-state index contributed by atoms with van der Waals surface area (Å²) in [7, 11) is 0. The summed E-state index contributed by atoms with van der Waals surface area (Å²) in [4.78, 5) is 21.3. The summed E-state index contributed by atoms with van der Waals surface area (Å²) in [5.74, 6) is -1.42. The Hall–Kier alpha value is -0.668. The van der Waals surface area contributed by atoms with Gasteiger partial charge in [0.1, 0.15) is 12.2 Å². The van der Waals surface area contributed by atoms with Crippen molar-refractivity contribution in [2.75, 3.05) is 0 Å². The Morgan fingerprint density at radius 3 is 1.62 bits per heavy atom. The summed E-state index contributed by atoms with van der Waals surface area (Å²) in [5.41, 5.74) is 0. The van der Waals surface area contributed by atoms with Gasteiger partial charge in [0.05, 0.1) is 0 Å².